The van der Waals surface area contributed by atoms with Gasteiger partial charge < -0.3 is 5.11 Å². The summed E-state index contributed by atoms with van der Waals surface area (Å²) in [5.41, 5.74) is 0. The summed E-state index contributed by atoms with van der Waals surface area (Å²) >= 11 is -3.35. The van der Waals surface area contributed by atoms with E-state index in [4.69, 9.17) is 5.11 Å². The highest BCUT2D eigenvalue weighted by molar-refractivity contribution is 14.2. The summed E-state index contributed by atoms with van der Waals surface area (Å²) in [6.45, 7) is 1.63. The summed E-state index contributed by atoms with van der Waals surface area (Å²) in [6, 6.07) is 0. The van der Waals surface area contributed by atoms with E-state index in [9.17, 15) is 6.14 Å². The third-order valence-electron chi connectivity index (χ3n) is 0.543. The highest BCUT2D eigenvalue weighted by atomic mass is 127. The Labute approximate surface area is 48.9 Å². The summed E-state index contributed by atoms with van der Waals surface area (Å²) in [6.07, 6.45) is 0.317. The number of hydrogen-bond acceptors (Lipinski definition) is 3. The molecule has 0 amide bonds. The molecule has 0 fully saturated rings. The first-order chi connectivity index (χ1) is 3.18. The summed E-state index contributed by atoms with van der Waals surface area (Å²) in [5, 5.41) is 8.38. The van der Waals surface area contributed by atoms with Gasteiger partial charge in [0, 0.05) is 0 Å². The van der Waals surface area contributed by atoms with Crippen molar-refractivity contribution in [1.29, 1.82) is 0 Å². The summed E-state index contributed by atoms with van der Waals surface area (Å²) in [4.78, 5) is 0. The lowest BCUT2D eigenvalue weighted by Crippen LogP contribution is -1.91. The first-order valence-electron chi connectivity index (χ1n) is 1.90. The van der Waals surface area contributed by atoms with Crippen LogP contribution in [0.4, 0.5) is 0 Å². The zero-order valence-electron chi connectivity index (χ0n) is 3.93. The number of halogens is 1. The van der Waals surface area contributed by atoms with Gasteiger partial charge in [0.25, 0.3) is 0 Å². The maximum absolute atomic E-state index is 9.81. The fourth-order valence-corrected chi connectivity index (χ4v) is 0.845. The van der Waals surface area contributed by atoms with Gasteiger partial charge in [-0.2, -0.15) is 0 Å². The van der Waals surface area contributed by atoms with Gasteiger partial charge in [0.2, 0.25) is 0 Å². The molecule has 0 saturated heterocycles. The molecule has 0 heterocycles. The Kier molecular flexibility index (Phi) is 3.45. The molecule has 4 heteroatoms. The van der Waals surface area contributed by atoms with Crippen LogP contribution in [0.25, 0.3) is 0 Å². The maximum atomic E-state index is 9.81. The van der Waals surface area contributed by atoms with Crippen LogP contribution in [0.15, 0.2) is 0 Å². The molecule has 0 bridgehead atoms. The largest absolute Gasteiger partial charge is 0.377 e. The molecule has 0 aliphatic heterocycles. The average molecular weight is 218 g/mol. The van der Waals surface area contributed by atoms with E-state index >= 15 is 0 Å². The van der Waals surface area contributed by atoms with E-state index in [2.05, 4.69) is 0 Å². The van der Waals surface area contributed by atoms with Gasteiger partial charge in [-0.25, -0.2) is 6.14 Å². The van der Waals surface area contributed by atoms with Gasteiger partial charge in [-0.1, -0.05) is 6.92 Å². The highest BCUT2D eigenvalue weighted by Gasteiger charge is 2.03. The van der Waals surface area contributed by atoms with Gasteiger partial charge in [-0.05, 0) is 6.42 Å². The Hall–Kier alpha value is 0.290. The van der Waals surface area contributed by atoms with Crippen molar-refractivity contribution in [1.82, 2.24) is 0 Å². The molecule has 1 unspecified atom stereocenters. The molecular weight excluding hydrogens is 211 g/mol. The van der Waals surface area contributed by atoms with E-state index in [0.29, 0.717) is 6.42 Å². The van der Waals surface area contributed by atoms with Crippen molar-refractivity contribution in [3.05, 3.63) is 0 Å². The van der Waals surface area contributed by atoms with Gasteiger partial charge in [-0.3, -0.25) is 0 Å². The van der Waals surface area contributed by atoms with Crippen LogP contribution in [0.2, 0.25) is 0 Å². The predicted molar refractivity (Wildman–Crippen MR) is 31.7 cm³/mol. The molecule has 0 aromatic rings. The van der Waals surface area contributed by atoms with E-state index in [0.717, 1.165) is 0 Å². The Morgan fingerprint density at radius 1 is 1.71 bits per heavy atom. The number of aliphatic hydroxyl groups excluding tert-OH is 1. The standard InChI is InChI=1S/C3H7IO3/c1-2-3(5)4(6)7/h3,5H,2H2,1H3. The second-order valence-corrected chi connectivity index (χ2v) is 3.90. The Balaban J connectivity index is 3.57. The predicted octanol–water partition coefficient (Wildman–Crippen LogP) is 0.912. The molecule has 7 heavy (non-hydrogen) atoms. The Morgan fingerprint density at radius 2 is 2.14 bits per heavy atom. The quantitative estimate of drug-likeness (QED) is 0.553. The third kappa shape index (κ3) is 2.93. The van der Waals surface area contributed by atoms with E-state index in [1.165, 1.54) is 0 Å². The number of alkyl halides is 1. The smallest absolute Gasteiger partial charge is 0.336 e. The van der Waals surface area contributed by atoms with Crippen molar-refractivity contribution in [3.63, 3.8) is 0 Å². The van der Waals surface area contributed by atoms with Crippen molar-refractivity contribution in [3.8, 4) is 0 Å². The van der Waals surface area contributed by atoms with Crippen LogP contribution in [0, 0.1) is 0 Å². The van der Waals surface area contributed by atoms with Crippen molar-refractivity contribution in [2.45, 2.75) is 17.5 Å². The van der Waals surface area contributed by atoms with Crippen LogP contribution < -0.4 is 0 Å². The van der Waals surface area contributed by atoms with E-state index in [1.54, 1.807) is 6.92 Å². The number of rotatable bonds is 2. The molecule has 0 rings (SSSR count). The molecular formula is C3H7IO3. The van der Waals surface area contributed by atoms with Gasteiger partial charge in [0.15, 0.2) is 4.11 Å². The number of aliphatic hydroxyl groups is 1. The SMILES string of the molecule is CCC(O)I(=O)=O. The molecule has 0 aliphatic carbocycles. The molecule has 44 valence electrons. The van der Waals surface area contributed by atoms with Crippen LogP contribution in [0.1, 0.15) is 13.3 Å². The van der Waals surface area contributed by atoms with Crippen LogP contribution in [0.3, 0.4) is 0 Å². The lowest BCUT2D eigenvalue weighted by atomic mass is 10.5. The second kappa shape index (κ2) is 3.31. The van der Waals surface area contributed by atoms with Gasteiger partial charge in [0.05, 0.1) is 0 Å². The fraction of sp³-hybridized carbons (Fsp3) is 1.00. The van der Waals surface area contributed by atoms with Gasteiger partial charge in [-0.15, -0.1) is 0 Å². The van der Waals surface area contributed by atoms with E-state index in [1.807, 2.05) is 0 Å². The van der Waals surface area contributed by atoms with E-state index < -0.39 is 23.9 Å². The summed E-state index contributed by atoms with van der Waals surface area (Å²) in [7, 11) is 0. The van der Waals surface area contributed by atoms with Crippen molar-refractivity contribution in [2.24, 2.45) is 0 Å². The lowest BCUT2D eigenvalue weighted by molar-refractivity contribution is 0.272. The molecule has 0 saturated carbocycles. The van der Waals surface area contributed by atoms with Crippen LogP contribution in [-0.4, -0.2) is 9.22 Å². The topological polar surface area (TPSA) is 54.4 Å². The van der Waals surface area contributed by atoms with Gasteiger partial charge >= 0.3 is 19.8 Å². The summed E-state index contributed by atoms with van der Waals surface area (Å²) < 4.78 is 18.6. The molecule has 0 aromatic carbocycles. The van der Waals surface area contributed by atoms with Crippen molar-refractivity contribution in [2.75, 3.05) is 0 Å². The molecule has 1 atom stereocenters. The lowest BCUT2D eigenvalue weighted by Gasteiger charge is -1.88. The first kappa shape index (κ1) is 7.29. The van der Waals surface area contributed by atoms with Gasteiger partial charge in [0.1, 0.15) is 0 Å². The minimum atomic E-state index is -3.35. The normalized spacial score (nSPS) is 14.7. The van der Waals surface area contributed by atoms with Crippen molar-refractivity contribution >= 4 is 19.8 Å². The molecule has 0 aliphatic rings. The molecule has 3 nitrogen and oxygen atoms in total. The minimum Gasteiger partial charge on any atom is -0.377 e. The highest BCUT2D eigenvalue weighted by Crippen LogP contribution is 2.13. The zero-order chi connectivity index (χ0) is 5.86. The number of hydrogen-bond donors (Lipinski definition) is 1. The van der Waals surface area contributed by atoms with Crippen molar-refractivity contribution < 1.29 is 11.2 Å². The second-order valence-electron chi connectivity index (χ2n) is 1.08. The molecule has 0 spiro atoms. The monoisotopic (exact) mass is 218 g/mol. The minimum absolute atomic E-state index is 0.317. The molecule has 0 radical (unpaired) electrons. The fourth-order valence-electron chi connectivity index (χ4n) is 0.126. The van der Waals surface area contributed by atoms with Crippen LogP contribution >= 0.6 is 19.8 Å². The zero-order valence-corrected chi connectivity index (χ0v) is 6.08. The summed E-state index contributed by atoms with van der Waals surface area (Å²) in [5.74, 6) is 0. The Bertz CT molecular complexity index is 98.7. The Morgan fingerprint density at radius 3 is 2.14 bits per heavy atom. The average Bonchev–Trinajstić information content (AvgIpc) is 1.65. The third-order valence-corrected chi connectivity index (χ3v) is 2.60. The first-order valence-corrected chi connectivity index (χ1v) is 4.91. The van der Waals surface area contributed by atoms with Crippen LogP contribution in [0.5, 0.6) is 0 Å². The van der Waals surface area contributed by atoms with Crippen LogP contribution in [-0.2, 0) is 6.14 Å². The molecule has 1 N–H and O–H groups in total. The van der Waals surface area contributed by atoms with E-state index in [-0.39, 0.29) is 0 Å². The molecule has 0 aromatic heterocycles. The maximum Gasteiger partial charge on any atom is 0.336 e.